The fourth-order valence-electron chi connectivity index (χ4n) is 2.51. The van der Waals surface area contributed by atoms with Crippen LogP contribution in [0.25, 0.3) is 0 Å². The van der Waals surface area contributed by atoms with Crippen LogP contribution in [-0.4, -0.2) is 25.5 Å². The van der Waals surface area contributed by atoms with E-state index in [9.17, 15) is 4.79 Å². The van der Waals surface area contributed by atoms with Crippen LogP contribution < -0.4 is 10.6 Å². The van der Waals surface area contributed by atoms with Crippen molar-refractivity contribution in [3.05, 3.63) is 32.9 Å². The number of hydrogen-bond donors (Lipinski definition) is 2. The Labute approximate surface area is 128 Å². The molecule has 0 radical (unpaired) electrons. The fourth-order valence-corrected chi connectivity index (χ4v) is 3.01. The van der Waals surface area contributed by atoms with Crippen molar-refractivity contribution in [1.82, 2.24) is 10.6 Å². The second kappa shape index (κ2) is 7.24. The predicted octanol–water partition coefficient (Wildman–Crippen LogP) is 2.72. The SMILES string of the molecule is Cc1c(I)cccc1C(=O)NCCC1CCCNC1. The Morgan fingerprint density at radius 2 is 2.37 bits per heavy atom. The Bertz CT molecular complexity index is 442. The van der Waals surface area contributed by atoms with E-state index in [1.807, 2.05) is 25.1 Å². The highest BCUT2D eigenvalue weighted by atomic mass is 127. The second-order valence-electron chi connectivity index (χ2n) is 5.17. The van der Waals surface area contributed by atoms with Crippen LogP contribution in [0.5, 0.6) is 0 Å². The third kappa shape index (κ3) is 4.18. The van der Waals surface area contributed by atoms with Crippen molar-refractivity contribution in [2.45, 2.75) is 26.2 Å². The number of rotatable bonds is 4. The zero-order valence-electron chi connectivity index (χ0n) is 11.3. The van der Waals surface area contributed by atoms with Gasteiger partial charge in [0.2, 0.25) is 0 Å². The number of carbonyl (C=O) groups excluding carboxylic acids is 1. The molecule has 4 heteroatoms. The van der Waals surface area contributed by atoms with E-state index in [1.165, 1.54) is 12.8 Å². The van der Waals surface area contributed by atoms with Gasteiger partial charge in [-0.25, -0.2) is 0 Å². The maximum Gasteiger partial charge on any atom is 0.251 e. The number of piperidine rings is 1. The minimum Gasteiger partial charge on any atom is -0.352 e. The molecule has 3 nitrogen and oxygen atoms in total. The van der Waals surface area contributed by atoms with Crippen molar-refractivity contribution in [1.29, 1.82) is 0 Å². The maximum atomic E-state index is 12.1. The molecule has 1 heterocycles. The van der Waals surface area contributed by atoms with Crippen molar-refractivity contribution < 1.29 is 4.79 Å². The van der Waals surface area contributed by atoms with E-state index in [4.69, 9.17) is 0 Å². The van der Waals surface area contributed by atoms with Gasteiger partial charge in [-0.05, 0) is 85.5 Å². The molecule has 1 saturated heterocycles. The molecule has 0 aromatic heterocycles. The average Bonchev–Trinajstić information content (AvgIpc) is 2.43. The maximum absolute atomic E-state index is 12.1. The van der Waals surface area contributed by atoms with Crippen molar-refractivity contribution in [2.75, 3.05) is 19.6 Å². The summed E-state index contributed by atoms with van der Waals surface area (Å²) < 4.78 is 1.14. The largest absolute Gasteiger partial charge is 0.352 e. The number of hydrogen-bond acceptors (Lipinski definition) is 2. The van der Waals surface area contributed by atoms with Crippen LogP contribution in [0, 0.1) is 16.4 Å². The molecule has 104 valence electrons. The van der Waals surface area contributed by atoms with Crippen LogP contribution in [-0.2, 0) is 0 Å². The predicted molar refractivity (Wildman–Crippen MR) is 86.4 cm³/mol. The monoisotopic (exact) mass is 372 g/mol. The quantitative estimate of drug-likeness (QED) is 0.799. The van der Waals surface area contributed by atoms with Gasteiger partial charge in [0.15, 0.2) is 0 Å². The number of benzene rings is 1. The van der Waals surface area contributed by atoms with Crippen LogP contribution in [0.1, 0.15) is 35.2 Å². The Morgan fingerprint density at radius 3 is 3.11 bits per heavy atom. The van der Waals surface area contributed by atoms with Gasteiger partial charge in [0.05, 0.1) is 0 Å². The zero-order chi connectivity index (χ0) is 13.7. The summed E-state index contributed by atoms with van der Waals surface area (Å²) in [6.45, 7) is 5.01. The normalized spacial score (nSPS) is 19.2. The van der Waals surface area contributed by atoms with Crippen LogP contribution in [0.4, 0.5) is 0 Å². The number of carbonyl (C=O) groups is 1. The van der Waals surface area contributed by atoms with Crippen LogP contribution in [0.15, 0.2) is 18.2 Å². The molecule has 1 aromatic carbocycles. The van der Waals surface area contributed by atoms with Crippen molar-refractivity contribution in [3.8, 4) is 0 Å². The summed E-state index contributed by atoms with van der Waals surface area (Å²) in [5.41, 5.74) is 1.87. The van der Waals surface area contributed by atoms with Gasteiger partial charge in [0.1, 0.15) is 0 Å². The molecule has 0 saturated carbocycles. The van der Waals surface area contributed by atoms with E-state index in [0.29, 0.717) is 5.92 Å². The molecule has 1 atom stereocenters. The molecule has 1 aliphatic rings. The third-order valence-corrected chi connectivity index (χ3v) is 4.92. The first kappa shape index (κ1) is 14.8. The Hall–Kier alpha value is -0.620. The van der Waals surface area contributed by atoms with E-state index < -0.39 is 0 Å². The number of halogens is 1. The summed E-state index contributed by atoms with van der Waals surface area (Å²) in [5, 5.41) is 6.45. The van der Waals surface area contributed by atoms with Gasteiger partial charge in [0.25, 0.3) is 5.91 Å². The fraction of sp³-hybridized carbons (Fsp3) is 0.533. The van der Waals surface area contributed by atoms with Gasteiger partial charge >= 0.3 is 0 Å². The molecule has 1 aromatic rings. The van der Waals surface area contributed by atoms with Crippen LogP contribution >= 0.6 is 22.6 Å². The van der Waals surface area contributed by atoms with Gasteiger partial charge in [-0.3, -0.25) is 4.79 Å². The van der Waals surface area contributed by atoms with E-state index in [1.54, 1.807) is 0 Å². The summed E-state index contributed by atoms with van der Waals surface area (Å²) in [6.07, 6.45) is 3.61. The van der Waals surface area contributed by atoms with Gasteiger partial charge in [-0.2, -0.15) is 0 Å². The lowest BCUT2D eigenvalue weighted by molar-refractivity contribution is 0.0950. The van der Waals surface area contributed by atoms with Gasteiger partial charge in [-0.1, -0.05) is 6.07 Å². The lowest BCUT2D eigenvalue weighted by Gasteiger charge is -2.22. The standard InChI is InChI=1S/C15H21IN2O/c1-11-13(5-2-6-14(11)16)15(19)18-9-7-12-4-3-8-17-10-12/h2,5-6,12,17H,3-4,7-10H2,1H3,(H,18,19). The third-order valence-electron chi connectivity index (χ3n) is 3.75. The summed E-state index contributed by atoms with van der Waals surface area (Å²) in [4.78, 5) is 12.1. The zero-order valence-corrected chi connectivity index (χ0v) is 13.5. The average molecular weight is 372 g/mol. The molecule has 1 unspecified atom stereocenters. The van der Waals surface area contributed by atoms with Gasteiger partial charge in [-0.15, -0.1) is 0 Å². The molecule has 0 aliphatic carbocycles. The minimum atomic E-state index is 0.0554. The molecular weight excluding hydrogens is 351 g/mol. The van der Waals surface area contributed by atoms with Gasteiger partial charge < -0.3 is 10.6 Å². The van der Waals surface area contributed by atoms with E-state index in [-0.39, 0.29) is 5.91 Å². The Kier molecular flexibility index (Phi) is 5.63. The van der Waals surface area contributed by atoms with E-state index in [0.717, 1.165) is 40.8 Å². The summed E-state index contributed by atoms with van der Waals surface area (Å²) in [7, 11) is 0. The molecular formula is C15H21IN2O. The lowest BCUT2D eigenvalue weighted by Crippen LogP contribution is -2.33. The van der Waals surface area contributed by atoms with Crippen molar-refractivity contribution in [2.24, 2.45) is 5.92 Å². The first-order valence-electron chi connectivity index (χ1n) is 6.92. The molecule has 1 aliphatic heterocycles. The van der Waals surface area contributed by atoms with E-state index >= 15 is 0 Å². The topological polar surface area (TPSA) is 41.1 Å². The molecule has 1 fully saturated rings. The smallest absolute Gasteiger partial charge is 0.251 e. The first-order valence-corrected chi connectivity index (χ1v) is 8.00. The Balaban J connectivity index is 1.82. The van der Waals surface area contributed by atoms with Gasteiger partial charge in [0, 0.05) is 15.7 Å². The first-order chi connectivity index (χ1) is 9.18. The summed E-state index contributed by atoms with van der Waals surface area (Å²) in [6, 6.07) is 5.87. The van der Waals surface area contributed by atoms with E-state index in [2.05, 4.69) is 33.2 Å². The highest BCUT2D eigenvalue weighted by Gasteiger charge is 2.14. The number of amides is 1. The van der Waals surface area contributed by atoms with Crippen molar-refractivity contribution in [3.63, 3.8) is 0 Å². The summed E-state index contributed by atoms with van der Waals surface area (Å²) in [5.74, 6) is 0.769. The van der Waals surface area contributed by atoms with Crippen LogP contribution in [0.3, 0.4) is 0 Å². The minimum absolute atomic E-state index is 0.0554. The highest BCUT2D eigenvalue weighted by Crippen LogP contribution is 2.16. The highest BCUT2D eigenvalue weighted by molar-refractivity contribution is 14.1. The number of nitrogens with one attached hydrogen (secondary N) is 2. The molecule has 19 heavy (non-hydrogen) atoms. The van der Waals surface area contributed by atoms with Crippen molar-refractivity contribution >= 4 is 28.5 Å². The molecule has 2 N–H and O–H groups in total. The molecule has 0 spiro atoms. The molecule has 0 bridgehead atoms. The molecule has 2 rings (SSSR count). The Morgan fingerprint density at radius 1 is 1.53 bits per heavy atom. The summed E-state index contributed by atoms with van der Waals surface area (Å²) >= 11 is 2.27. The second-order valence-corrected chi connectivity index (χ2v) is 6.33. The molecule has 1 amide bonds. The lowest BCUT2D eigenvalue weighted by atomic mass is 9.96. The van der Waals surface area contributed by atoms with Crippen LogP contribution in [0.2, 0.25) is 0 Å².